The normalized spacial score (nSPS) is 16.4. The Morgan fingerprint density at radius 2 is 1.94 bits per heavy atom. The van der Waals surface area contributed by atoms with Crippen molar-refractivity contribution in [2.24, 2.45) is 0 Å². The van der Waals surface area contributed by atoms with E-state index in [1.807, 2.05) is 26.2 Å². The molecular weight excluding hydrogens is 198 g/mol. The van der Waals surface area contributed by atoms with Crippen LogP contribution in [-0.2, 0) is 0 Å². The van der Waals surface area contributed by atoms with Crippen molar-refractivity contribution in [3.63, 3.8) is 0 Å². The van der Waals surface area contributed by atoms with E-state index in [-0.39, 0.29) is 0 Å². The van der Waals surface area contributed by atoms with Crippen LogP contribution in [0.2, 0.25) is 0 Å². The monoisotopic (exact) mass is 217 g/mol. The summed E-state index contributed by atoms with van der Waals surface area (Å²) in [5.74, 6) is 0.751. The first-order chi connectivity index (χ1) is 7.70. The summed E-state index contributed by atoms with van der Waals surface area (Å²) in [5, 5.41) is 8.03. The first-order valence-corrected chi connectivity index (χ1v) is 5.81. The Labute approximate surface area is 97.2 Å². The van der Waals surface area contributed by atoms with Gasteiger partial charge in [-0.3, -0.25) is 5.41 Å². The van der Waals surface area contributed by atoms with Crippen LogP contribution in [0.4, 0.5) is 11.4 Å². The lowest BCUT2D eigenvalue weighted by atomic mass is 10.1. The van der Waals surface area contributed by atoms with Gasteiger partial charge in [0.2, 0.25) is 0 Å². The van der Waals surface area contributed by atoms with Crippen molar-refractivity contribution in [1.82, 2.24) is 0 Å². The van der Waals surface area contributed by atoms with E-state index in [0.29, 0.717) is 0 Å². The van der Waals surface area contributed by atoms with E-state index in [1.54, 1.807) is 0 Å². The molecule has 3 nitrogen and oxygen atoms in total. The van der Waals surface area contributed by atoms with Crippen LogP contribution in [0.3, 0.4) is 0 Å². The highest BCUT2D eigenvalue weighted by molar-refractivity contribution is 5.99. The number of benzene rings is 1. The van der Waals surface area contributed by atoms with Gasteiger partial charge in [0.05, 0.1) is 11.4 Å². The third kappa shape index (κ3) is 2.03. The molecule has 1 N–H and O–H groups in total. The number of para-hydroxylation sites is 2. The number of amidine groups is 1. The molecule has 2 rings (SSSR count). The van der Waals surface area contributed by atoms with Gasteiger partial charge >= 0.3 is 0 Å². The van der Waals surface area contributed by atoms with Gasteiger partial charge in [0, 0.05) is 27.1 Å². The van der Waals surface area contributed by atoms with Gasteiger partial charge in [0.1, 0.15) is 5.84 Å². The molecule has 0 spiro atoms. The van der Waals surface area contributed by atoms with Crippen LogP contribution in [0, 0.1) is 5.41 Å². The Balaban J connectivity index is 2.34. The largest absolute Gasteiger partial charge is 0.376 e. The maximum atomic E-state index is 8.03. The van der Waals surface area contributed by atoms with Gasteiger partial charge in [0.25, 0.3) is 0 Å². The Morgan fingerprint density at radius 3 is 2.62 bits per heavy atom. The topological polar surface area (TPSA) is 30.3 Å². The molecule has 0 amide bonds. The molecule has 1 aromatic rings. The number of nitrogens with one attached hydrogen (secondary N) is 1. The van der Waals surface area contributed by atoms with Crippen molar-refractivity contribution in [2.75, 3.05) is 30.4 Å². The van der Waals surface area contributed by atoms with Crippen LogP contribution < -0.4 is 9.80 Å². The second kappa shape index (κ2) is 4.56. The zero-order valence-corrected chi connectivity index (χ0v) is 10.0. The number of rotatable bonds is 2. The number of piperidine rings is 1. The van der Waals surface area contributed by atoms with Crippen molar-refractivity contribution in [3.05, 3.63) is 24.3 Å². The standard InChI is InChI=1S/C13H19N3/c1-15(2)11-7-3-4-8-12(11)16-10-6-5-9-13(16)14/h3-4,7-8,14H,5-6,9-10H2,1-2H3. The molecule has 3 heteroatoms. The molecule has 1 aromatic carbocycles. The molecule has 1 aliphatic heterocycles. The average molecular weight is 217 g/mol. The molecule has 1 aliphatic rings. The molecule has 1 heterocycles. The molecule has 0 radical (unpaired) electrons. The van der Waals surface area contributed by atoms with Gasteiger partial charge < -0.3 is 9.80 Å². The summed E-state index contributed by atoms with van der Waals surface area (Å²) in [6, 6.07) is 8.31. The predicted octanol–water partition coefficient (Wildman–Crippen LogP) is 2.72. The molecule has 0 bridgehead atoms. The van der Waals surface area contributed by atoms with Crippen molar-refractivity contribution in [1.29, 1.82) is 5.41 Å². The second-order valence-electron chi connectivity index (χ2n) is 4.44. The summed E-state index contributed by atoms with van der Waals surface area (Å²) >= 11 is 0. The molecule has 0 saturated carbocycles. The highest BCUT2D eigenvalue weighted by Crippen LogP contribution is 2.30. The summed E-state index contributed by atoms with van der Waals surface area (Å²) in [5.41, 5.74) is 2.35. The van der Waals surface area contributed by atoms with Crippen LogP contribution in [0.1, 0.15) is 19.3 Å². The Bertz CT molecular complexity index is 385. The van der Waals surface area contributed by atoms with E-state index in [9.17, 15) is 0 Å². The summed E-state index contributed by atoms with van der Waals surface area (Å²) in [6.45, 7) is 0.976. The van der Waals surface area contributed by atoms with Gasteiger partial charge in [-0.2, -0.15) is 0 Å². The number of hydrogen-bond acceptors (Lipinski definition) is 2. The SMILES string of the molecule is CN(C)c1ccccc1N1CCCCC1=N. The van der Waals surface area contributed by atoms with E-state index >= 15 is 0 Å². The molecule has 0 unspecified atom stereocenters. The van der Waals surface area contributed by atoms with Crippen molar-refractivity contribution >= 4 is 17.2 Å². The molecule has 0 aliphatic carbocycles. The van der Waals surface area contributed by atoms with Gasteiger partial charge in [-0.25, -0.2) is 0 Å². The predicted molar refractivity (Wildman–Crippen MR) is 69.7 cm³/mol. The van der Waals surface area contributed by atoms with Gasteiger partial charge in [-0.1, -0.05) is 12.1 Å². The fourth-order valence-electron chi connectivity index (χ4n) is 2.17. The Morgan fingerprint density at radius 1 is 1.19 bits per heavy atom. The minimum absolute atomic E-state index is 0.751. The van der Waals surface area contributed by atoms with E-state index in [0.717, 1.165) is 30.9 Å². The maximum absolute atomic E-state index is 8.03. The van der Waals surface area contributed by atoms with E-state index in [1.165, 1.54) is 12.1 Å². The lowest BCUT2D eigenvalue weighted by molar-refractivity contribution is 0.707. The molecule has 86 valence electrons. The lowest BCUT2D eigenvalue weighted by Crippen LogP contribution is -2.35. The summed E-state index contributed by atoms with van der Waals surface area (Å²) < 4.78 is 0. The molecule has 0 aromatic heterocycles. The molecule has 0 atom stereocenters. The fourth-order valence-corrected chi connectivity index (χ4v) is 2.17. The number of nitrogens with zero attached hydrogens (tertiary/aromatic N) is 2. The fraction of sp³-hybridized carbons (Fsp3) is 0.462. The van der Waals surface area contributed by atoms with Crippen molar-refractivity contribution < 1.29 is 0 Å². The van der Waals surface area contributed by atoms with Crippen LogP contribution >= 0.6 is 0 Å². The van der Waals surface area contributed by atoms with Gasteiger partial charge in [-0.05, 0) is 25.0 Å². The maximum Gasteiger partial charge on any atom is 0.100 e. The number of anilines is 2. The Kier molecular flexibility index (Phi) is 3.13. The van der Waals surface area contributed by atoms with E-state index in [4.69, 9.17) is 5.41 Å². The highest BCUT2D eigenvalue weighted by atomic mass is 15.2. The third-order valence-corrected chi connectivity index (χ3v) is 3.03. The first-order valence-electron chi connectivity index (χ1n) is 5.81. The second-order valence-corrected chi connectivity index (χ2v) is 4.44. The third-order valence-electron chi connectivity index (χ3n) is 3.03. The lowest BCUT2D eigenvalue weighted by Gasteiger charge is -2.32. The minimum atomic E-state index is 0.751. The van der Waals surface area contributed by atoms with Crippen molar-refractivity contribution in [2.45, 2.75) is 19.3 Å². The smallest absolute Gasteiger partial charge is 0.100 e. The van der Waals surface area contributed by atoms with Crippen LogP contribution in [-0.4, -0.2) is 26.5 Å². The number of hydrogen-bond donors (Lipinski definition) is 1. The van der Waals surface area contributed by atoms with Crippen LogP contribution in [0.25, 0.3) is 0 Å². The van der Waals surface area contributed by atoms with Crippen LogP contribution in [0.15, 0.2) is 24.3 Å². The minimum Gasteiger partial charge on any atom is -0.376 e. The van der Waals surface area contributed by atoms with Gasteiger partial charge in [0.15, 0.2) is 0 Å². The highest BCUT2D eigenvalue weighted by Gasteiger charge is 2.19. The summed E-state index contributed by atoms with van der Waals surface area (Å²) in [7, 11) is 4.10. The van der Waals surface area contributed by atoms with Crippen molar-refractivity contribution in [3.8, 4) is 0 Å². The first kappa shape index (κ1) is 11.0. The zero-order valence-electron chi connectivity index (χ0n) is 10.0. The summed E-state index contributed by atoms with van der Waals surface area (Å²) in [6.07, 6.45) is 3.24. The van der Waals surface area contributed by atoms with Crippen LogP contribution in [0.5, 0.6) is 0 Å². The molecule has 16 heavy (non-hydrogen) atoms. The van der Waals surface area contributed by atoms with E-state index < -0.39 is 0 Å². The quantitative estimate of drug-likeness (QED) is 0.825. The average Bonchev–Trinajstić information content (AvgIpc) is 2.29. The van der Waals surface area contributed by atoms with Gasteiger partial charge in [-0.15, -0.1) is 0 Å². The summed E-state index contributed by atoms with van der Waals surface area (Å²) in [4.78, 5) is 4.25. The molecule has 1 saturated heterocycles. The zero-order chi connectivity index (χ0) is 11.5. The Hall–Kier alpha value is -1.51. The van der Waals surface area contributed by atoms with E-state index in [2.05, 4.69) is 21.9 Å². The molecule has 1 fully saturated rings. The molecular formula is C13H19N3.